The summed E-state index contributed by atoms with van der Waals surface area (Å²) in [5, 5.41) is 11.1. The van der Waals surface area contributed by atoms with E-state index >= 15 is 0 Å². The molecule has 0 radical (unpaired) electrons. The summed E-state index contributed by atoms with van der Waals surface area (Å²) in [5.74, 6) is 1.37. The monoisotopic (exact) mass is 308 g/mol. The van der Waals surface area contributed by atoms with Crippen LogP contribution in [0, 0.1) is 0 Å². The maximum atomic E-state index is 12.4. The molecule has 116 valence electrons. The van der Waals surface area contributed by atoms with Crippen LogP contribution in [0.1, 0.15) is 37.3 Å². The zero-order valence-electron chi connectivity index (χ0n) is 12.4. The fourth-order valence-electron chi connectivity index (χ4n) is 3.19. The van der Waals surface area contributed by atoms with Gasteiger partial charge >= 0.3 is 0 Å². The summed E-state index contributed by atoms with van der Waals surface area (Å²) in [5.41, 5.74) is 1.17. The molecule has 2 saturated heterocycles. The van der Waals surface area contributed by atoms with Crippen LogP contribution in [0.3, 0.4) is 0 Å². The highest BCUT2D eigenvalue weighted by molar-refractivity contribution is 8.00. The van der Waals surface area contributed by atoms with Crippen molar-refractivity contribution in [2.75, 3.05) is 31.9 Å². The van der Waals surface area contributed by atoms with Gasteiger partial charge in [0, 0.05) is 36.1 Å². The number of carbonyl (C=O) groups is 1. The van der Waals surface area contributed by atoms with Crippen molar-refractivity contribution < 1.29 is 4.79 Å². The third kappa shape index (κ3) is 4.01. The number of nitrogens with zero attached hydrogens (tertiary/aromatic N) is 2. The van der Waals surface area contributed by atoms with Crippen LogP contribution in [0.25, 0.3) is 0 Å². The van der Waals surface area contributed by atoms with Gasteiger partial charge in [0.2, 0.25) is 5.91 Å². The lowest BCUT2D eigenvalue weighted by molar-refractivity contribution is -0.129. The normalized spacial score (nSPS) is 24.2. The Kier molecular flexibility index (Phi) is 5.19. The molecule has 3 heterocycles. The first-order chi connectivity index (χ1) is 10.3. The van der Waals surface area contributed by atoms with Crippen molar-refractivity contribution in [3.63, 3.8) is 0 Å². The molecular formula is C15H24N4OS. The Morgan fingerprint density at radius 1 is 1.38 bits per heavy atom. The van der Waals surface area contributed by atoms with Gasteiger partial charge in [-0.15, -0.1) is 11.8 Å². The second kappa shape index (κ2) is 7.31. The van der Waals surface area contributed by atoms with E-state index in [1.807, 2.05) is 22.7 Å². The average Bonchev–Trinajstić information content (AvgIpc) is 3.08. The molecule has 1 unspecified atom stereocenters. The topological polar surface area (TPSA) is 61.0 Å². The zero-order valence-corrected chi connectivity index (χ0v) is 13.2. The number of aromatic amines is 1. The van der Waals surface area contributed by atoms with Gasteiger partial charge in [0.15, 0.2) is 0 Å². The first-order valence-electron chi connectivity index (χ1n) is 7.92. The van der Waals surface area contributed by atoms with E-state index in [0.29, 0.717) is 22.8 Å². The minimum absolute atomic E-state index is 0.308. The van der Waals surface area contributed by atoms with Gasteiger partial charge in [-0.25, -0.2) is 0 Å². The molecule has 3 rings (SSSR count). The largest absolute Gasteiger partial charge is 0.341 e. The van der Waals surface area contributed by atoms with Crippen LogP contribution in [0.4, 0.5) is 0 Å². The van der Waals surface area contributed by atoms with E-state index in [-0.39, 0.29) is 0 Å². The van der Waals surface area contributed by atoms with E-state index in [9.17, 15) is 4.79 Å². The molecule has 2 fully saturated rings. The molecule has 0 aliphatic carbocycles. The zero-order chi connectivity index (χ0) is 14.5. The molecular weight excluding hydrogens is 284 g/mol. The lowest BCUT2D eigenvalue weighted by Crippen LogP contribution is -2.40. The van der Waals surface area contributed by atoms with Crippen LogP contribution in [0.2, 0.25) is 0 Å². The maximum absolute atomic E-state index is 12.4. The first kappa shape index (κ1) is 14.9. The SMILES string of the molecule is O=C(CSC1CCNCC1)N1CCCC(c2ccn[nH]2)C1. The Labute approximate surface area is 130 Å². The predicted molar refractivity (Wildman–Crippen MR) is 85.5 cm³/mol. The van der Waals surface area contributed by atoms with E-state index in [4.69, 9.17) is 0 Å². The average molecular weight is 308 g/mol. The molecule has 0 aromatic carbocycles. The second-order valence-corrected chi connectivity index (χ2v) is 7.24. The van der Waals surface area contributed by atoms with Crippen molar-refractivity contribution in [3.8, 4) is 0 Å². The van der Waals surface area contributed by atoms with E-state index in [1.54, 1.807) is 6.20 Å². The fourth-order valence-corrected chi connectivity index (χ4v) is 4.32. The number of hydrogen-bond donors (Lipinski definition) is 2. The molecule has 1 atom stereocenters. The summed E-state index contributed by atoms with van der Waals surface area (Å²) in [7, 11) is 0. The third-order valence-electron chi connectivity index (χ3n) is 4.46. The molecule has 5 nitrogen and oxygen atoms in total. The quantitative estimate of drug-likeness (QED) is 0.887. The predicted octanol–water partition coefficient (Wildman–Crippen LogP) is 1.60. The minimum Gasteiger partial charge on any atom is -0.341 e. The van der Waals surface area contributed by atoms with Crippen molar-refractivity contribution in [1.82, 2.24) is 20.4 Å². The van der Waals surface area contributed by atoms with Crippen LogP contribution in [0.5, 0.6) is 0 Å². The van der Waals surface area contributed by atoms with Crippen molar-refractivity contribution in [2.24, 2.45) is 0 Å². The summed E-state index contributed by atoms with van der Waals surface area (Å²) in [6.07, 6.45) is 6.41. The van der Waals surface area contributed by atoms with Crippen molar-refractivity contribution in [1.29, 1.82) is 0 Å². The summed E-state index contributed by atoms with van der Waals surface area (Å²) >= 11 is 1.85. The van der Waals surface area contributed by atoms with Gasteiger partial charge in [-0.3, -0.25) is 9.89 Å². The molecule has 0 bridgehead atoms. The van der Waals surface area contributed by atoms with Gasteiger partial charge in [-0.1, -0.05) is 0 Å². The smallest absolute Gasteiger partial charge is 0.232 e. The number of aromatic nitrogens is 2. The van der Waals surface area contributed by atoms with Crippen molar-refractivity contribution >= 4 is 17.7 Å². The number of nitrogens with one attached hydrogen (secondary N) is 2. The van der Waals surface area contributed by atoms with Gasteiger partial charge in [-0.05, 0) is 44.8 Å². The van der Waals surface area contributed by atoms with E-state index in [1.165, 1.54) is 18.5 Å². The van der Waals surface area contributed by atoms with Gasteiger partial charge in [0.25, 0.3) is 0 Å². The number of H-pyrrole nitrogens is 1. The van der Waals surface area contributed by atoms with E-state index < -0.39 is 0 Å². The number of likely N-dealkylation sites (tertiary alicyclic amines) is 1. The highest BCUT2D eigenvalue weighted by Gasteiger charge is 2.26. The Morgan fingerprint density at radius 3 is 3.00 bits per heavy atom. The molecule has 0 spiro atoms. The van der Waals surface area contributed by atoms with Crippen LogP contribution in [0.15, 0.2) is 12.3 Å². The minimum atomic E-state index is 0.308. The van der Waals surface area contributed by atoms with Gasteiger partial charge < -0.3 is 10.2 Å². The third-order valence-corrected chi connectivity index (χ3v) is 5.82. The highest BCUT2D eigenvalue weighted by Crippen LogP contribution is 2.26. The van der Waals surface area contributed by atoms with Crippen molar-refractivity contribution in [2.45, 2.75) is 36.9 Å². The Hall–Kier alpha value is -1.01. The van der Waals surface area contributed by atoms with Gasteiger partial charge in [0.05, 0.1) is 5.75 Å². The number of carbonyl (C=O) groups excluding carboxylic acids is 1. The standard InChI is InChI=1S/C15H24N4OS/c20-15(11-21-13-3-6-16-7-4-13)19-9-1-2-12(10-19)14-5-8-17-18-14/h5,8,12-13,16H,1-4,6-7,9-11H2,(H,17,18). The Bertz CT molecular complexity index is 445. The lowest BCUT2D eigenvalue weighted by Gasteiger charge is -2.32. The maximum Gasteiger partial charge on any atom is 0.232 e. The lowest BCUT2D eigenvalue weighted by atomic mass is 9.95. The first-order valence-corrected chi connectivity index (χ1v) is 8.97. The number of hydrogen-bond acceptors (Lipinski definition) is 4. The second-order valence-electron chi connectivity index (χ2n) is 5.95. The number of piperidine rings is 2. The number of amides is 1. The number of thioether (sulfide) groups is 1. The Morgan fingerprint density at radius 2 is 2.24 bits per heavy atom. The molecule has 0 saturated carbocycles. The fraction of sp³-hybridized carbons (Fsp3) is 0.733. The van der Waals surface area contributed by atoms with Gasteiger partial charge in [-0.2, -0.15) is 5.10 Å². The van der Waals surface area contributed by atoms with E-state index in [2.05, 4.69) is 15.5 Å². The molecule has 6 heteroatoms. The molecule has 21 heavy (non-hydrogen) atoms. The van der Waals surface area contributed by atoms with Crippen LogP contribution < -0.4 is 5.32 Å². The molecule has 2 aliphatic rings. The van der Waals surface area contributed by atoms with E-state index in [0.717, 1.165) is 39.0 Å². The summed E-state index contributed by atoms with van der Waals surface area (Å²) in [6.45, 7) is 3.94. The van der Waals surface area contributed by atoms with Crippen LogP contribution >= 0.6 is 11.8 Å². The molecule has 1 amide bonds. The highest BCUT2D eigenvalue weighted by atomic mass is 32.2. The van der Waals surface area contributed by atoms with Crippen molar-refractivity contribution in [3.05, 3.63) is 18.0 Å². The summed E-state index contributed by atoms with van der Waals surface area (Å²) in [6, 6.07) is 2.03. The van der Waals surface area contributed by atoms with Crippen LogP contribution in [-0.4, -0.2) is 58.2 Å². The number of rotatable bonds is 4. The summed E-state index contributed by atoms with van der Waals surface area (Å²) in [4.78, 5) is 14.5. The molecule has 1 aromatic heterocycles. The molecule has 2 N–H and O–H groups in total. The van der Waals surface area contributed by atoms with Gasteiger partial charge in [0.1, 0.15) is 0 Å². The Balaban J connectivity index is 1.47. The molecule has 2 aliphatic heterocycles. The molecule has 1 aromatic rings. The van der Waals surface area contributed by atoms with Crippen LogP contribution in [-0.2, 0) is 4.79 Å². The summed E-state index contributed by atoms with van der Waals surface area (Å²) < 4.78 is 0.